The third-order valence-electron chi connectivity index (χ3n) is 1.93. The third-order valence-corrected chi connectivity index (χ3v) is 3.40. The SMILES string of the molecule is Nc1c(S)ccc2sc(CO)cc12. The van der Waals surface area contributed by atoms with Crippen LogP contribution in [0.2, 0.25) is 0 Å². The minimum Gasteiger partial charge on any atom is -0.397 e. The Kier molecular flexibility index (Phi) is 2.19. The van der Waals surface area contributed by atoms with Crippen molar-refractivity contribution in [1.29, 1.82) is 0 Å². The van der Waals surface area contributed by atoms with Crippen molar-refractivity contribution in [1.82, 2.24) is 0 Å². The number of aliphatic hydroxyl groups excluding tert-OH is 1. The normalized spacial score (nSPS) is 10.9. The quantitative estimate of drug-likeness (QED) is 0.500. The molecule has 0 spiro atoms. The van der Waals surface area contributed by atoms with E-state index in [1.807, 2.05) is 18.2 Å². The molecule has 68 valence electrons. The lowest BCUT2D eigenvalue weighted by atomic mass is 10.2. The highest BCUT2D eigenvalue weighted by molar-refractivity contribution is 7.80. The Hall–Kier alpha value is -0.710. The largest absolute Gasteiger partial charge is 0.397 e. The molecule has 0 bridgehead atoms. The number of benzene rings is 1. The molecule has 1 aromatic heterocycles. The fraction of sp³-hybridized carbons (Fsp3) is 0.111. The summed E-state index contributed by atoms with van der Waals surface area (Å²) in [6.45, 7) is 0.0701. The summed E-state index contributed by atoms with van der Waals surface area (Å²) in [5, 5.41) is 9.94. The first-order chi connectivity index (χ1) is 6.22. The van der Waals surface area contributed by atoms with Crippen LogP contribution in [0.1, 0.15) is 4.88 Å². The minimum absolute atomic E-state index is 0.0701. The molecule has 4 heteroatoms. The van der Waals surface area contributed by atoms with E-state index in [1.165, 1.54) is 0 Å². The van der Waals surface area contributed by atoms with Gasteiger partial charge in [-0.1, -0.05) is 0 Å². The van der Waals surface area contributed by atoms with Gasteiger partial charge in [0.2, 0.25) is 0 Å². The number of thiol groups is 1. The zero-order valence-electron chi connectivity index (χ0n) is 6.82. The van der Waals surface area contributed by atoms with Gasteiger partial charge in [-0.25, -0.2) is 0 Å². The van der Waals surface area contributed by atoms with Crippen LogP contribution in [0.3, 0.4) is 0 Å². The van der Waals surface area contributed by atoms with Gasteiger partial charge in [0.1, 0.15) is 0 Å². The molecular formula is C9H9NOS2. The molecule has 0 fully saturated rings. The average molecular weight is 211 g/mol. The van der Waals surface area contributed by atoms with Crippen molar-refractivity contribution in [2.75, 3.05) is 5.73 Å². The van der Waals surface area contributed by atoms with E-state index >= 15 is 0 Å². The smallest absolute Gasteiger partial charge is 0.0774 e. The molecule has 0 aliphatic rings. The van der Waals surface area contributed by atoms with Gasteiger partial charge in [-0.15, -0.1) is 24.0 Å². The highest BCUT2D eigenvalue weighted by Crippen LogP contribution is 2.33. The maximum absolute atomic E-state index is 8.95. The van der Waals surface area contributed by atoms with Crippen molar-refractivity contribution in [3.63, 3.8) is 0 Å². The van der Waals surface area contributed by atoms with Crippen LogP contribution in [-0.4, -0.2) is 5.11 Å². The highest BCUT2D eigenvalue weighted by atomic mass is 32.1. The van der Waals surface area contributed by atoms with Crippen LogP contribution < -0.4 is 5.73 Å². The molecule has 0 amide bonds. The summed E-state index contributed by atoms with van der Waals surface area (Å²) in [4.78, 5) is 1.72. The Morgan fingerprint density at radius 2 is 2.23 bits per heavy atom. The first kappa shape index (κ1) is 8.87. The van der Waals surface area contributed by atoms with E-state index in [2.05, 4.69) is 12.6 Å². The molecule has 1 aromatic carbocycles. The molecule has 3 N–H and O–H groups in total. The van der Waals surface area contributed by atoms with Gasteiger partial charge in [-0.05, 0) is 18.2 Å². The van der Waals surface area contributed by atoms with Crippen molar-refractivity contribution in [3.05, 3.63) is 23.1 Å². The Bertz CT molecular complexity index is 450. The lowest BCUT2D eigenvalue weighted by molar-refractivity contribution is 0.285. The number of fused-ring (bicyclic) bond motifs is 1. The number of hydrogen-bond acceptors (Lipinski definition) is 4. The van der Waals surface area contributed by atoms with E-state index in [1.54, 1.807) is 11.3 Å². The van der Waals surface area contributed by atoms with Crippen molar-refractivity contribution >= 4 is 39.7 Å². The van der Waals surface area contributed by atoms with Crippen LogP contribution in [0.5, 0.6) is 0 Å². The van der Waals surface area contributed by atoms with Gasteiger partial charge < -0.3 is 10.8 Å². The predicted molar refractivity (Wildman–Crippen MR) is 59.4 cm³/mol. The second-order valence-electron chi connectivity index (χ2n) is 2.78. The zero-order chi connectivity index (χ0) is 9.42. The second-order valence-corrected chi connectivity index (χ2v) is 4.43. The molecule has 0 aliphatic heterocycles. The molecule has 2 aromatic rings. The van der Waals surface area contributed by atoms with Crippen LogP contribution in [0.25, 0.3) is 10.1 Å². The number of nitrogen functional groups attached to an aromatic ring is 1. The Morgan fingerprint density at radius 1 is 1.46 bits per heavy atom. The fourth-order valence-corrected chi connectivity index (χ4v) is 2.39. The molecule has 2 nitrogen and oxygen atoms in total. The van der Waals surface area contributed by atoms with Gasteiger partial charge in [-0.2, -0.15) is 0 Å². The second kappa shape index (κ2) is 3.21. The van der Waals surface area contributed by atoms with Crippen LogP contribution >= 0.6 is 24.0 Å². The Morgan fingerprint density at radius 3 is 2.92 bits per heavy atom. The van der Waals surface area contributed by atoms with Crippen LogP contribution in [-0.2, 0) is 6.61 Å². The van der Waals surface area contributed by atoms with Gasteiger partial charge in [0.05, 0.1) is 12.3 Å². The monoisotopic (exact) mass is 211 g/mol. The molecule has 0 aliphatic carbocycles. The van der Waals surface area contributed by atoms with Crippen LogP contribution in [0.4, 0.5) is 5.69 Å². The summed E-state index contributed by atoms with van der Waals surface area (Å²) in [5.74, 6) is 0. The molecule has 0 saturated carbocycles. The van der Waals surface area contributed by atoms with Crippen LogP contribution in [0, 0.1) is 0 Å². The van der Waals surface area contributed by atoms with E-state index in [4.69, 9.17) is 10.8 Å². The van der Waals surface area contributed by atoms with Gasteiger partial charge >= 0.3 is 0 Å². The summed E-state index contributed by atoms with van der Waals surface area (Å²) in [5.41, 5.74) is 6.53. The molecule has 0 atom stereocenters. The van der Waals surface area contributed by atoms with E-state index < -0.39 is 0 Å². The zero-order valence-corrected chi connectivity index (χ0v) is 8.53. The lowest BCUT2D eigenvalue weighted by Gasteiger charge is -1.98. The van der Waals surface area contributed by atoms with Crippen molar-refractivity contribution < 1.29 is 5.11 Å². The third kappa shape index (κ3) is 1.41. The van der Waals surface area contributed by atoms with Gasteiger partial charge in [0, 0.05) is 19.9 Å². The molecule has 1 heterocycles. The summed E-state index contributed by atoms with van der Waals surface area (Å²) in [6, 6.07) is 5.76. The summed E-state index contributed by atoms with van der Waals surface area (Å²) < 4.78 is 1.10. The van der Waals surface area contributed by atoms with E-state index in [9.17, 15) is 0 Å². The van der Waals surface area contributed by atoms with Gasteiger partial charge in [0.15, 0.2) is 0 Å². The number of anilines is 1. The predicted octanol–water partition coefficient (Wildman–Crippen LogP) is 2.26. The van der Waals surface area contributed by atoms with E-state index in [0.717, 1.165) is 19.9 Å². The van der Waals surface area contributed by atoms with Crippen molar-refractivity contribution in [2.45, 2.75) is 11.5 Å². The maximum atomic E-state index is 8.95. The Labute approximate surface area is 85.4 Å². The van der Waals surface area contributed by atoms with Crippen molar-refractivity contribution in [3.8, 4) is 0 Å². The highest BCUT2D eigenvalue weighted by Gasteiger charge is 2.05. The topological polar surface area (TPSA) is 46.2 Å². The summed E-state index contributed by atoms with van der Waals surface area (Å²) in [7, 11) is 0. The number of thiophene rings is 1. The molecular weight excluding hydrogens is 202 g/mol. The summed E-state index contributed by atoms with van der Waals surface area (Å²) >= 11 is 5.79. The molecule has 0 unspecified atom stereocenters. The standard InChI is InChI=1S/C9H9NOS2/c10-9-6-3-5(4-11)13-8(6)2-1-7(9)12/h1-3,11-12H,4,10H2. The van der Waals surface area contributed by atoms with Gasteiger partial charge in [0.25, 0.3) is 0 Å². The van der Waals surface area contributed by atoms with Crippen LogP contribution in [0.15, 0.2) is 23.1 Å². The number of rotatable bonds is 1. The number of nitrogens with two attached hydrogens (primary N) is 1. The first-order valence-electron chi connectivity index (χ1n) is 3.83. The molecule has 0 saturated heterocycles. The Balaban J connectivity index is 2.76. The van der Waals surface area contributed by atoms with E-state index in [0.29, 0.717) is 5.69 Å². The molecule has 0 radical (unpaired) electrons. The van der Waals surface area contributed by atoms with Crippen molar-refractivity contribution in [2.24, 2.45) is 0 Å². The first-order valence-corrected chi connectivity index (χ1v) is 5.09. The average Bonchev–Trinajstić information content (AvgIpc) is 2.55. The lowest BCUT2D eigenvalue weighted by Crippen LogP contribution is -1.86. The minimum atomic E-state index is 0.0701. The molecule has 13 heavy (non-hydrogen) atoms. The molecule has 2 rings (SSSR count). The number of aliphatic hydroxyl groups is 1. The number of hydrogen-bond donors (Lipinski definition) is 3. The summed E-state index contributed by atoms with van der Waals surface area (Å²) in [6.07, 6.45) is 0. The van der Waals surface area contributed by atoms with E-state index in [-0.39, 0.29) is 6.61 Å². The fourth-order valence-electron chi connectivity index (χ4n) is 1.25. The van der Waals surface area contributed by atoms with Gasteiger partial charge in [-0.3, -0.25) is 0 Å². The maximum Gasteiger partial charge on any atom is 0.0774 e.